The molecule has 0 aliphatic heterocycles. The number of nitrogens with one attached hydrogen (secondary N) is 1. The highest BCUT2D eigenvalue weighted by molar-refractivity contribution is 8.01. The van der Waals surface area contributed by atoms with Crippen molar-refractivity contribution in [2.45, 2.75) is 36.0 Å². The number of rotatable bonds is 6. The van der Waals surface area contributed by atoms with Gasteiger partial charge in [-0.2, -0.15) is 0 Å². The van der Waals surface area contributed by atoms with Gasteiger partial charge in [0.25, 0.3) is 0 Å². The molecule has 0 saturated carbocycles. The second kappa shape index (κ2) is 6.98. The molecular weight excluding hydrogens is 281 g/mol. The highest BCUT2D eigenvalue weighted by Crippen LogP contribution is 2.31. The van der Waals surface area contributed by atoms with E-state index in [0.29, 0.717) is 6.54 Å². The van der Waals surface area contributed by atoms with E-state index in [1.54, 1.807) is 6.07 Å². The maximum atomic E-state index is 13.6. The first-order chi connectivity index (χ1) is 9.17. The molecule has 2 aromatic rings. The molecule has 0 aliphatic rings. The first-order valence-corrected chi connectivity index (χ1v) is 7.79. The molecule has 0 bridgehead atoms. The molecule has 1 aromatic heterocycles. The maximum Gasteiger partial charge on any atom is 0.179 e. The Bertz CT molecular complexity index is 542. The minimum Gasteiger partial charge on any atom is -0.313 e. The van der Waals surface area contributed by atoms with Gasteiger partial charge in [0.05, 0.1) is 0 Å². The van der Waals surface area contributed by atoms with Crippen LogP contribution in [0.2, 0.25) is 0 Å². The Morgan fingerprint density at radius 1 is 1.32 bits per heavy atom. The topological polar surface area (TPSA) is 37.8 Å². The Hall–Kier alpha value is -0.980. The van der Waals surface area contributed by atoms with Crippen LogP contribution in [0.5, 0.6) is 0 Å². The molecule has 0 spiro atoms. The van der Waals surface area contributed by atoms with Crippen LogP contribution in [0.1, 0.15) is 23.9 Å². The Kier molecular flexibility index (Phi) is 5.30. The number of hydrogen-bond donors (Lipinski definition) is 1. The second-order valence-corrected chi connectivity index (χ2v) is 6.66. The van der Waals surface area contributed by atoms with E-state index in [9.17, 15) is 4.39 Å². The lowest BCUT2D eigenvalue weighted by Crippen LogP contribution is -2.13. The van der Waals surface area contributed by atoms with Gasteiger partial charge in [-0.3, -0.25) is 0 Å². The Balaban J connectivity index is 2.07. The molecule has 0 atom stereocenters. The first kappa shape index (κ1) is 14.4. The van der Waals surface area contributed by atoms with Crippen LogP contribution in [0, 0.1) is 12.7 Å². The van der Waals surface area contributed by atoms with Gasteiger partial charge in [0, 0.05) is 11.4 Å². The van der Waals surface area contributed by atoms with Crippen LogP contribution in [0.3, 0.4) is 0 Å². The number of halogens is 1. The minimum absolute atomic E-state index is 0.209. The number of aryl methyl sites for hydroxylation is 1. The normalized spacial score (nSPS) is 10.9. The molecule has 0 unspecified atom stereocenters. The molecule has 2 rings (SSSR count). The van der Waals surface area contributed by atoms with Crippen molar-refractivity contribution >= 4 is 23.1 Å². The minimum atomic E-state index is -0.209. The number of hydrogen-bond acceptors (Lipinski definition) is 5. The third kappa shape index (κ3) is 4.56. The van der Waals surface area contributed by atoms with Crippen molar-refractivity contribution in [3.05, 3.63) is 34.6 Å². The fourth-order valence-corrected chi connectivity index (χ4v) is 3.51. The number of nitrogens with zero attached hydrogens (tertiary/aromatic N) is 2. The Labute approximate surface area is 120 Å². The molecule has 0 radical (unpaired) electrons. The summed E-state index contributed by atoms with van der Waals surface area (Å²) in [5.41, 5.74) is 0.956. The van der Waals surface area contributed by atoms with E-state index in [0.717, 1.165) is 32.8 Å². The lowest BCUT2D eigenvalue weighted by Gasteiger charge is -2.06. The molecule has 6 heteroatoms. The Morgan fingerprint density at radius 3 is 2.84 bits per heavy atom. The average Bonchev–Trinajstić information content (AvgIpc) is 2.74. The van der Waals surface area contributed by atoms with Crippen LogP contribution in [0.25, 0.3) is 0 Å². The van der Waals surface area contributed by atoms with Crippen LogP contribution in [0.4, 0.5) is 4.39 Å². The fourth-order valence-electron chi connectivity index (χ4n) is 1.61. The standard InChI is InChI=1S/C13H16FN3S2/c1-3-4-15-8-10-5-11(14)7-12(6-10)19-13-17-16-9(2)18-13/h5-7,15H,3-4,8H2,1-2H3. The predicted octanol–water partition coefficient (Wildman–Crippen LogP) is 3.64. The van der Waals surface area contributed by atoms with E-state index >= 15 is 0 Å². The third-order valence-electron chi connectivity index (χ3n) is 2.40. The van der Waals surface area contributed by atoms with Crippen molar-refractivity contribution in [2.24, 2.45) is 0 Å². The quantitative estimate of drug-likeness (QED) is 0.826. The summed E-state index contributed by atoms with van der Waals surface area (Å²) in [6.45, 7) is 5.65. The molecule has 1 heterocycles. The SMILES string of the molecule is CCCNCc1cc(F)cc(Sc2nnc(C)s2)c1. The van der Waals surface area contributed by atoms with Crippen LogP contribution >= 0.6 is 23.1 Å². The van der Waals surface area contributed by atoms with E-state index in [1.807, 2.05) is 13.0 Å². The summed E-state index contributed by atoms with van der Waals surface area (Å²) in [5.74, 6) is -0.209. The smallest absolute Gasteiger partial charge is 0.179 e. The molecule has 0 fully saturated rings. The first-order valence-electron chi connectivity index (χ1n) is 6.15. The van der Waals surface area contributed by atoms with Gasteiger partial charge in [0.1, 0.15) is 10.8 Å². The van der Waals surface area contributed by atoms with Gasteiger partial charge in [0.2, 0.25) is 0 Å². The molecule has 1 aromatic carbocycles. The predicted molar refractivity (Wildman–Crippen MR) is 77.2 cm³/mol. The highest BCUT2D eigenvalue weighted by atomic mass is 32.2. The van der Waals surface area contributed by atoms with Crippen molar-refractivity contribution in [1.82, 2.24) is 15.5 Å². The van der Waals surface area contributed by atoms with E-state index in [-0.39, 0.29) is 5.82 Å². The summed E-state index contributed by atoms with van der Waals surface area (Å²) in [7, 11) is 0. The van der Waals surface area contributed by atoms with Gasteiger partial charge in [-0.15, -0.1) is 10.2 Å². The van der Waals surface area contributed by atoms with Gasteiger partial charge in [-0.05, 0) is 43.7 Å². The molecule has 0 aliphatic carbocycles. The van der Waals surface area contributed by atoms with Gasteiger partial charge in [0.15, 0.2) is 4.34 Å². The monoisotopic (exact) mass is 297 g/mol. The van der Waals surface area contributed by atoms with Gasteiger partial charge in [-0.25, -0.2) is 4.39 Å². The third-order valence-corrected chi connectivity index (χ3v) is 4.26. The van der Waals surface area contributed by atoms with Crippen molar-refractivity contribution in [2.75, 3.05) is 6.54 Å². The summed E-state index contributed by atoms with van der Waals surface area (Å²) >= 11 is 2.97. The van der Waals surface area contributed by atoms with Crippen LogP contribution in [-0.2, 0) is 6.54 Å². The van der Waals surface area contributed by atoms with E-state index < -0.39 is 0 Å². The maximum absolute atomic E-state index is 13.6. The second-order valence-electron chi connectivity index (χ2n) is 4.16. The zero-order valence-electron chi connectivity index (χ0n) is 10.9. The van der Waals surface area contributed by atoms with E-state index in [4.69, 9.17) is 0 Å². The molecule has 0 saturated heterocycles. The summed E-state index contributed by atoms with van der Waals surface area (Å²) in [6.07, 6.45) is 1.07. The summed E-state index contributed by atoms with van der Waals surface area (Å²) in [5, 5.41) is 12.2. The van der Waals surface area contributed by atoms with Crippen LogP contribution < -0.4 is 5.32 Å². The largest absolute Gasteiger partial charge is 0.313 e. The van der Waals surface area contributed by atoms with Gasteiger partial charge < -0.3 is 5.32 Å². The molecular formula is C13H16FN3S2. The zero-order chi connectivity index (χ0) is 13.7. The number of aromatic nitrogens is 2. The molecule has 102 valence electrons. The summed E-state index contributed by atoms with van der Waals surface area (Å²) < 4.78 is 14.4. The molecule has 19 heavy (non-hydrogen) atoms. The zero-order valence-corrected chi connectivity index (χ0v) is 12.6. The summed E-state index contributed by atoms with van der Waals surface area (Å²) in [4.78, 5) is 0.865. The molecule has 1 N–H and O–H groups in total. The van der Waals surface area contributed by atoms with Crippen molar-refractivity contribution in [3.63, 3.8) is 0 Å². The molecule has 0 amide bonds. The van der Waals surface area contributed by atoms with E-state index in [2.05, 4.69) is 22.4 Å². The van der Waals surface area contributed by atoms with Crippen LogP contribution in [-0.4, -0.2) is 16.7 Å². The van der Waals surface area contributed by atoms with Gasteiger partial charge in [-0.1, -0.05) is 30.0 Å². The van der Waals surface area contributed by atoms with Crippen molar-refractivity contribution in [1.29, 1.82) is 0 Å². The number of benzene rings is 1. The van der Waals surface area contributed by atoms with E-state index in [1.165, 1.54) is 29.2 Å². The average molecular weight is 297 g/mol. The van der Waals surface area contributed by atoms with Crippen molar-refractivity contribution < 1.29 is 4.39 Å². The fraction of sp³-hybridized carbons (Fsp3) is 0.385. The molecule has 3 nitrogen and oxygen atoms in total. The van der Waals surface area contributed by atoms with Crippen LogP contribution in [0.15, 0.2) is 27.4 Å². The summed E-state index contributed by atoms with van der Waals surface area (Å²) in [6, 6.07) is 5.09. The Morgan fingerprint density at radius 2 is 2.16 bits per heavy atom. The lowest BCUT2D eigenvalue weighted by atomic mass is 10.2. The van der Waals surface area contributed by atoms with Gasteiger partial charge >= 0.3 is 0 Å². The lowest BCUT2D eigenvalue weighted by molar-refractivity contribution is 0.615. The van der Waals surface area contributed by atoms with Crippen molar-refractivity contribution in [3.8, 4) is 0 Å². The highest BCUT2D eigenvalue weighted by Gasteiger charge is 2.06.